The maximum atomic E-state index is 13.4. The molecule has 3 aliphatic rings. The molecule has 0 aromatic heterocycles. The summed E-state index contributed by atoms with van der Waals surface area (Å²) < 4.78 is 38.6. The molecule has 1 aromatic carbocycles. The Morgan fingerprint density at radius 2 is 1.64 bits per heavy atom. The molecule has 2 aliphatic carbocycles. The largest absolute Gasteiger partial charge is 0.416 e. The second-order valence-electron chi connectivity index (χ2n) is 9.33. The normalized spacial score (nSPS) is 26.1. The molecular weight excluding hydrogens is 449 g/mol. The lowest BCUT2D eigenvalue weighted by Gasteiger charge is -2.44. The second-order valence-corrected chi connectivity index (χ2v) is 10.6. The number of alkyl halides is 3. The van der Waals surface area contributed by atoms with Crippen LogP contribution in [0.15, 0.2) is 29.2 Å². The first-order valence-corrected chi connectivity index (χ1v) is 12.8. The van der Waals surface area contributed by atoms with Gasteiger partial charge in [0.25, 0.3) is 5.91 Å². The average Bonchev–Trinajstić information content (AvgIpc) is 3.05. The molecule has 2 unspecified atom stereocenters. The molecule has 2 amide bonds. The lowest BCUT2D eigenvalue weighted by atomic mass is 9.93. The maximum absolute atomic E-state index is 13.4. The van der Waals surface area contributed by atoms with Crippen LogP contribution in [0, 0.1) is 0 Å². The van der Waals surface area contributed by atoms with E-state index in [-0.39, 0.29) is 35.7 Å². The summed E-state index contributed by atoms with van der Waals surface area (Å²) >= 11 is 1.51. The molecule has 4 rings (SSSR count). The Morgan fingerprint density at radius 3 is 2.30 bits per heavy atom. The number of carbonyl (C=O) groups excluding carboxylic acids is 2. The fourth-order valence-corrected chi connectivity index (χ4v) is 6.61. The van der Waals surface area contributed by atoms with Gasteiger partial charge in [0.1, 0.15) is 6.54 Å². The molecule has 1 heterocycles. The van der Waals surface area contributed by atoms with Gasteiger partial charge < -0.3 is 10.2 Å². The molecule has 1 N–H and O–H groups in total. The standard InChI is InChI=1S/C25H31F3N2O2S/c26-25(27,28)18-13-11-17(12-14-18)15-22-24(32)30(20-9-5-6-10-21(20)33-22)16-23(31)29-19-7-3-1-2-4-8-19/h11-15,19-21H,1-10,16H2,(H,29,31)/b22-15+. The topological polar surface area (TPSA) is 49.4 Å². The van der Waals surface area contributed by atoms with Gasteiger partial charge in [-0.05, 0) is 49.5 Å². The van der Waals surface area contributed by atoms with Crippen LogP contribution in [-0.2, 0) is 15.8 Å². The molecule has 0 bridgehead atoms. The Hall–Kier alpha value is -1.96. The van der Waals surface area contributed by atoms with Gasteiger partial charge in [-0.1, -0.05) is 50.7 Å². The van der Waals surface area contributed by atoms with E-state index >= 15 is 0 Å². The minimum absolute atomic E-state index is 0.0286. The van der Waals surface area contributed by atoms with Crippen LogP contribution in [0.1, 0.15) is 75.3 Å². The number of benzene rings is 1. The van der Waals surface area contributed by atoms with Crippen molar-refractivity contribution in [2.45, 2.75) is 87.7 Å². The Bertz CT molecular complexity index is 877. The highest BCUT2D eigenvalue weighted by molar-refractivity contribution is 8.04. The molecule has 33 heavy (non-hydrogen) atoms. The van der Waals surface area contributed by atoms with E-state index in [9.17, 15) is 22.8 Å². The smallest absolute Gasteiger partial charge is 0.352 e. The van der Waals surface area contributed by atoms with Crippen LogP contribution in [-0.4, -0.2) is 40.6 Å². The van der Waals surface area contributed by atoms with Crippen LogP contribution in [0.3, 0.4) is 0 Å². The van der Waals surface area contributed by atoms with Gasteiger partial charge in [-0.3, -0.25) is 9.59 Å². The monoisotopic (exact) mass is 480 g/mol. The lowest BCUT2D eigenvalue weighted by Crippen LogP contribution is -2.55. The SMILES string of the molecule is O=C(CN1C(=O)/C(=C\c2ccc(C(F)(F)F)cc2)SC2CCCCC21)NC1CCCCCC1. The molecule has 3 fully saturated rings. The number of hydrogen-bond donors (Lipinski definition) is 1. The molecule has 4 nitrogen and oxygen atoms in total. The van der Waals surface area contributed by atoms with Gasteiger partial charge >= 0.3 is 6.18 Å². The zero-order valence-electron chi connectivity index (χ0n) is 18.7. The Morgan fingerprint density at radius 1 is 1.00 bits per heavy atom. The van der Waals surface area contributed by atoms with Crippen LogP contribution in [0.2, 0.25) is 0 Å². The summed E-state index contributed by atoms with van der Waals surface area (Å²) in [5.74, 6) is -0.306. The van der Waals surface area contributed by atoms with Crippen molar-refractivity contribution in [1.29, 1.82) is 0 Å². The molecule has 1 saturated heterocycles. The summed E-state index contributed by atoms with van der Waals surface area (Å²) in [7, 11) is 0. The zero-order valence-corrected chi connectivity index (χ0v) is 19.5. The fraction of sp³-hybridized carbons (Fsp3) is 0.600. The highest BCUT2D eigenvalue weighted by Gasteiger charge is 2.41. The van der Waals surface area contributed by atoms with Crippen molar-refractivity contribution in [2.75, 3.05) is 6.54 Å². The quantitative estimate of drug-likeness (QED) is 0.440. The highest BCUT2D eigenvalue weighted by atomic mass is 32.2. The molecule has 180 valence electrons. The van der Waals surface area contributed by atoms with Crippen molar-refractivity contribution < 1.29 is 22.8 Å². The van der Waals surface area contributed by atoms with Crippen molar-refractivity contribution in [3.63, 3.8) is 0 Å². The number of rotatable bonds is 4. The van der Waals surface area contributed by atoms with E-state index in [1.807, 2.05) is 0 Å². The summed E-state index contributed by atoms with van der Waals surface area (Å²) in [5.41, 5.74) is -0.160. The first-order chi connectivity index (χ1) is 15.8. The highest BCUT2D eigenvalue weighted by Crippen LogP contribution is 2.42. The van der Waals surface area contributed by atoms with Crippen molar-refractivity contribution in [3.05, 3.63) is 40.3 Å². The first-order valence-electron chi connectivity index (χ1n) is 12.0. The number of fused-ring (bicyclic) bond motifs is 1. The van der Waals surface area contributed by atoms with E-state index in [2.05, 4.69) is 5.32 Å². The Balaban J connectivity index is 1.49. The van der Waals surface area contributed by atoms with E-state index in [1.165, 1.54) is 36.7 Å². The molecule has 2 saturated carbocycles. The zero-order chi connectivity index (χ0) is 23.4. The minimum Gasteiger partial charge on any atom is -0.352 e. The van der Waals surface area contributed by atoms with Gasteiger partial charge in [0.2, 0.25) is 5.91 Å². The van der Waals surface area contributed by atoms with Gasteiger partial charge in [-0.2, -0.15) is 13.2 Å². The summed E-state index contributed by atoms with van der Waals surface area (Å²) in [6.45, 7) is 0.0431. The van der Waals surface area contributed by atoms with E-state index in [1.54, 1.807) is 11.0 Å². The molecule has 2 atom stereocenters. The van der Waals surface area contributed by atoms with Crippen molar-refractivity contribution in [2.24, 2.45) is 0 Å². The summed E-state index contributed by atoms with van der Waals surface area (Å²) in [6, 6.07) is 5.05. The van der Waals surface area contributed by atoms with Gasteiger partial charge in [-0.15, -0.1) is 11.8 Å². The predicted octanol–water partition coefficient (Wildman–Crippen LogP) is 5.77. The average molecular weight is 481 g/mol. The molecule has 1 aromatic rings. The third kappa shape index (κ3) is 6.14. The number of halogens is 3. The van der Waals surface area contributed by atoms with E-state index in [0.717, 1.165) is 63.5 Å². The Labute approximate surface area is 197 Å². The van der Waals surface area contributed by atoms with Crippen LogP contribution in [0.4, 0.5) is 13.2 Å². The number of nitrogens with zero attached hydrogens (tertiary/aromatic N) is 1. The van der Waals surface area contributed by atoms with E-state index < -0.39 is 11.7 Å². The molecule has 0 spiro atoms. The second kappa shape index (κ2) is 10.5. The maximum Gasteiger partial charge on any atom is 0.416 e. The van der Waals surface area contributed by atoms with Gasteiger partial charge in [0, 0.05) is 17.3 Å². The summed E-state index contributed by atoms with van der Waals surface area (Å²) in [4.78, 5) is 28.5. The summed E-state index contributed by atoms with van der Waals surface area (Å²) in [6.07, 6.45) is 7.86. The number of hydrogen-bond acceptors (Lipinski definition) is 3. The van der Waals surface area contributed by atoms with Crippen LogP contribution >= 0.6 is 11.8 Å². The number of thioether (sulfide) groups is 1. The van der Waals surface area contributed by atoms with E-state index in [4.69, 9.17) is 0 Å². The van der Waals surface area contributed by atoms with Crippen LogP contribution in [0.25, 0.3) is 6.08 Å². The third-order valence-corrected chi connectivity index (χ3v) is 8.29. The molecular formula is C25H31F3N2O2S. The van der Waals surface area contributed by atoms with E-state index in [0.29, 0.717) is 10.5 Å². The predicted molar refractivity (Wildman–Crippen MR) is 124 cm³/mol. The van der Waals surface area contributed by atoms with Crippen molar-refractivity contribution in [1.82, 2.24) is 10.2 Å². The van der Waals surface area contributed by atoms with Gasteiger partial charge in [-0.25, -0.2) is 0 Å². The Kier molecular flexibility index (Phi) is 7.72. The third-order valence-electron chi connectivity index (χ3n) is 6.89. The first kappa shape index (κ1) is 24.2. The van der Waals surface area contributed by atoms with Crippen LogP contribution < -0.4 is 5.32 Å². The van der Waals surface area contributed by atoms with Crippen molar-refractivity contribution in [3.8, 4) is 0 Å². The summed E-state index contributed by atoms with van der Waals surface area (Å²) in [5, 5.41) is 3.35. The molecule has 0 radical (unpaired) electrons. The fourth-order valence-electron chi connectivity index (χ4n) is 5.13. The molecule has 8 heteroatoms. The van der Waals surface area contributed by atoms with Gasteiger partial charge in [0.05, 0.1) is 10.5 Å². The minimum atomic E-state index is -4.39. The lowest BCUT2D eigenvalue weighted by molar-refractivity contribution is -0.137. The van der Waals surface area contributed by atoms with Gasteiger partial charge in [0.15, 0.2) is 0 Å². The molecule has 1 aliphatic heterocycles. The van der Waals surface area contributed by atoms with Crippen molar-refractivity contribution >= 4 is 29.7 Å². The number of carbonyl (C=O) groups is 2. The number of amides is 2. The van der Waals surface area contributed by atoms with Crippen LogP contribution in [0.5, 0.6) is 0 Å². The number of nitrogens with one attached hydrogen (secondary N) is 1.